The minimum Gasteiger partial charge on any atom is -0.376 e. The standard InChI is InChI=1S/C21H41NO/c1-5-18(4)20-12-15-22(16-13-20)14-6-7-19-8-10-21(11-9-19)23-17(2)3/h17-21H,5-16H2,1-4H3. The van der Waals surface area contributed by atoms with E-state index >= 15 is 0 Å². The average Bonchev–Trinajstić information content (AvgIpc) is 2.56. The van der Waals surface area contributed by atoms with Crippen LogP contribution in [0.1, 0.15) is 85.5 Å². The van der Waals surface area contributed by atoms with Crippen molar-refractivity contribution in [3.05, 3.63) is 0 Å². The van der Waals surface area contributed by atoms with Gasteiger partial charge in [0.15, 0.2) is 0 Å². The Morgan fingerprint density at radius 2 is 1.61 bits per heavy atom. The van der Waals surface area contributed by atoms with Crippen LogP contribution in [0.15, 0.2) is 0 Å². The fourth-order valence-corrected chi connectivity index (χ4v) is 4.62. The third-order valence-electron chi connectivity index (χ3n) is 6.43. The van der Waals surface area contributed by atoms with Gasteiger partial charge in [-0.3, -0.25) is 0 Å². The van der Waals surface area contributed by atoms with Crippen molar-refractivity contribution in [2.24, 2.45) is 17.8 Å². The SMILES string of the molecule is CCC(C)C1CCN(CCCC2CCC(OC(C)C)CC2)CC1. The van der Waals surface area contributed by atoms with E-state index in [2.05, 4.69) is 32.6 Å². The number of ether oxygens (including phenoxy) is 1. The van der Waals surface area contributed by atoms with Gasteiger partial charge in [-0.2, -0.15) is 0 Å². The van der Waals surface area contributed by atoms with Gasteiger partial charge in [0.25, 0.3) is 0 Å². The summed E-state index contributed by atoms with van der Waals surface area (Å²) in [6.07, 6.45) is 13.4. The van der Waals surface area contributed by atoms with Crippen molar-refractivity contribution in [1.82, 2.24) is 4.90 Å². The van der Waals surface area contributed by atoms with Gasteiger partial charge in [0.05, 0.1) is 12.2 Å². The fraction of sp³-hybridized carbons (Fsp3) is 1.00. The maximum atomic E-state index is 5.97. The predicted molar refractivity (Wildman–Crippen MR) is 99.8 cm³/mol. The van der Waals surface area contributed by atoms with E-state index in [1.807, 2.05) is 0 Å². The molecule has 1 atom stereocenters. The smallest absolute Gasteiger partial charge is 0.0578 e. The Hall–Kier alpha value is -0.0800. The molecular formula is C21H41NO. The molecule has 0 N–H and O–H groups in total. The van der Waals surface area contributed by atoms with Gasteiger partial charge in [0, 0.05) is 0 Å². The largest absolute Gasteiger partial charge is 0.376 e. The second-order valence-electron chi connectivity index (χ2n) is 8.53. The number of hydrogen-bond donors (Lipinski definition) is 0. The number of hydrogen-bond acceptors (Lipinski definition) is 2. The molecule has 0 bridgehead atoms. The zero-order valence-corrected chi connectivity index (χ0v) is 16.2. The molecule has 0 radical (unpaired) electrons. The number of piperidine rings is 1. The molecule has 1 aliphatic heterocycles. The lowest BCUT2D eigenvalue weighted by molar-refractivity contribution is -0.0205. The summed E-state index contributed by atoms with van der Waals surface area (Å²) in [7, 11) is 0. The monoisotopic (exact) mass is 323 g/mol. The van der Waals surface area contributed by atoms with Gasteiger partial charge in [-0.1, -0.05) is 20.3 Å². The summed E-state index contributed by atoms with van der Waals surface area (Å²) >= 11 is 0. The minimum atomic E-state index is 0.398. The molecule has 23 heavy (non-hydrogen) atoms. The lowest BCUT2D eigenvalue weighted by atomic mass is 9.83. The van der Waals surface area contributed by atoms with Crippen LogP contribution in [-0.2, 0) is 4.74 Å². The van der Waals surface area contributed by atoms with Gasteiger partial charge >= 0.3 is 0 Å². The van der Waals surface area contributed by atoms with Crippen molar-refractivity contribution < 1.29 is 4.74 Å². The van der Waals surface area contributed by atoms with Crippen LogP contribution in [0.2, 0.25) is 0 Å². The highest BCUT2D eigenvalue weighted by Crippen LogP contribution is 2.31. The molecule has 1 heterocycles. The maximum Gasteiger partial charge on any atom is 0.0578 e. The molecule has 0 spiro atoms. The first-order valence-corrected chi connectivity index (χ1v) is 10.5. The van der Waals surface area contributed by atoms with Gasteiger partial charge in [0.2, 0.25) is 0 Å². The molecule has 0 aromatic carbocycles. The Morgan fingerprint density at radius 1 is 0.957 bits per heavy atom. The van der Waals surface area contributed by atoms with Crippen molar-refractivity contribution >= 4 is 0 Å². The highest BCUT2D eigenvalue weighted by molar-refractivity contribution is 4.77. The molecule has 0 amide bonds. The van der Waals surface area contributed by atoms with Gasteiger partial charge in [-0.05, 0) is 103 Å². The summed E-state index contributed by atoms with van der Waals surface area (Å²) in [5.41, 5.74) is 0. The molecule has 1 unspecified atom stereocenters. The molecule has 2 aliphatic rings. The van der Waals surface area contributed by atoms with Crippen LogP contribution < -0.4 is 0 Å². The predicted octanol–water partition coefficient (Wildman–Crippen LogP) is 5.51. The highest BCUT2D eigenvalue weighted by atomic mass is 16.5. The van der Waals surface area contributed by atoms with Crippen LogP contribution >= 0.6 is 0 Å². The topological polar surface area (TPSA) is 12.5 Å². The molecule has 1 saturated heterocycles. The molecule has 0 aromatic rings. The second-order valence-corrected chi connectivity index (χ2v) is 8.53. The maximum absolute atomic E-state index is 5.97. The molecule has 2 fully saturated rings. The summed E-state index contributed by atoms with van der Waals surface area (Å²) in [6.45, 7) is 13.2. The molecule has 1 aliphatic carbocycles. The van der Waals surface area contributed by atoms with Crippen LogP contribution in [0, 0.1) is 17.8 Å². The average molecular weight is 324 g/mol. The van der Waals surface area contributed by atoms with E-state index in [0.717, 1.165) is 17.8 Å². The Balaban J connectivity index is 1.53. The summed E-state index contributed by atoms with van der Waals surface area (Å²) in [6, 6.07) is 0. The highest BCUT2D eigenvalue weighted by Gasteiger charge is 2.24. The van der Waals surface area contributed by atoms with Crippen LogP contribution in [0.5, 0.6) is 0 Å². The zero-order chi connectivity index (χ0) is 16.7. The van der Waals surface area contributed by atoms with Crippen molar-refractivity contribution in [1.29, 1.82) is 0 Å². The molecule has 136 valence electrons. The number of likely N-dealkylation sites (tertiary alicyclic amines) is 1. The zero-order valence-electron chi connectivity index (χ0n) is 16.2. The van der Waals surface area contributed by atoms with Crippen molar-refractivity contribution in [3.63, 3.8) is 0 Å². The normalized spacial score (nSPS) is 29.1. The molecule has 2 rings (SSSR count). The Labute approximate surface area is 145 Å². The summed E-state index contributed by atoms with van der Waals surface area (Å²) in [5, 5.41) is 0. The van der Waals surface area contributed by atoms with Crippen molar-refractivity contribution in [2.75, 3.05) is 19.6 Å². The molecule has 0 aromatic heterocycles. The lowest BCUT2D eigenvalue weighted by Gasteiger charge is -2.35. The molecule has 2 heteroatoms. The summed E-state index contributed by atoms with van der Waals surface area (Å²) in [4.78, 5) is 2.73. The number of nitrogens with zero attached hydrogens (tertiary/aromatic N) is 1. The van der Waals surface area contributed by atoms with Crippen LogP contribution in [0.3, 0.4) is 0 Å². The van der Waals surface area contributed by atoms with Gasteiger partial charge in [-0.15, -0.1) is 0 Å². The summed E-state index contributed by atoms with van der Waals surface area (Å²) in [5.74, 6) is 2.90. The Morgan fingerprint density at radius 3 is 2.17 bits per heavy atom. The van der Waals surface area contributed by atoms with E-state index < -0.39 is 0 Å². The van der Waals surface area contributed by atoms with Crippen LogP contribution in [-0.4, -0.2) is 36.7 Å². The van der Waals surface area contributed by atoms with E-state index in [1.165, 1.54) is 77.4 Å². The first-order chi connectivity index (χ1) is 11.1. The van der Waals surface area contributed by atoms with E-state index in [9.17, 15) is 0 Å². The lowest BCUT2D eigenvalue weighted by Crippen LogP contribution is -2.36. The van der Waals surface area contributed by atoms with Gasteiger partial charge in [-0.25, -0.2) is 0 Å². The van der Waals surface area contributed by atoms with Crippen LogP contribution in [0.25, 0.3) is 0 Å². The third kappa shape index (κ3) is 6.74. The van der Waals surface area contributed by atoms with Crippen LogP contribution in [0.4, 0.5) is 0 Å². The first-order valence-electron chi connectivity index (χ1n) is 10.5. The van der Waals surface area contributed by atoms with E-state index in [1.54, 1.807) is 0 Å². The fourth-order valence-electron chi connectivity index (χ4n) is 4.62. The number of rotatable bonds is 8. The Kier molecular flexibility index (Phi) is 8.40. The van der Waals surface area contributed by atoms with E-state index in [-0.39, 0.29) is 0 Å². The molecule has 1 saturated carbocycles. The van der Waals surface area contributed by atoms with Gasteiger partial charge < -0.3 is 9.64 Å². The molecular weight excluding hydrogens is 282 g/mol. The van der Waals surface area contributed by atoms with Crippen molar-refractivity contribution in [3.8, 4) is 0 Å². The van der Waals surface area contributed by atoms with E-state index in [0.29, 0.717) is 12.2 Å². The Bertz CT molecular complexity index is 301. The summed E-state index contributed by atoms with van der Waals surface area (Å²) < 4.78 is 5.97. The molecule has 2 nitrogen and oxygen atoms in total. The van der Waals surface area contributed by atoms with Crippen molar-refractivity contribution in [2.45, 2.75) is 97.7 Å². The third-order valence-corrected chi connectivity index (χ3v) is 6.43. The first kappa shape index (κ1) is 19.2. The van der Waals surface area contributed by atoms with E-state index in [4.69, 9.17) is 4.74 Å². The quantitative estimate of drug-likeness (QED) is 0.584. The van der Waals surface area contributed by atoms with Gasteiger partial charge in [0.1, 0.15) is 0 Å². The minimum absolute atomic E-state index is 0.398. The second kappa shape index (κ2) is 10.0.